The van der Waals surface area contributed by atoms with Gasteiger partial charge < -0.3 is 10.1 Å². The second kappa shape index (κ2) is 8.21. The molecule has 2 rings (SSSR count). The fourth-order valence-electron chi connectivity index (χ4n) is 2.51. The largest absolute Gasteiger partial charge is 0.451 e. The van der Waals surface area contributed by atoms with Gasteiger partial charge in [-0.1, -0.05) is 19.8 Å². The first-order valence-electron chi connectivity index (χ1n) is 7.59. The third-order valence-electron chi connectivity index (χ3n) is 3.79. The topological polar surface area (TPSA) is 110 Å². The minimum Gasteiger partial charge on any atom is -0.451 e. The number of aromatic nitrogens is 2. The highest BCUT2D eigenvalue weighted by Gasteiger charge is 2.23. The SMILES string of the molecule is C[C@H]1CCCC[C@@H]1NC(=O)NC(=O)COC(=O)c1cnccn1. The fraction of sp³-hybridized carbons (Fsp3) is 0.533. The molecule has 3 amide bonds. The molecule has 1 aliphatic carbocycles. The molecule has 8 heteroatoms. The van der Waals surface area contributed by atoms with Crippen LogP contribution in [0.2, 0.25) is 0 Å². The predicted octanol–water partition coefficient (Wildman–Crippen LogP) is 1.04. The van der Waals surface area contributed by atoms with E-state index in [1.165, 1.54) is 18.6 Å². The van der Waals surface area contributed by atoms with Gasteiger partial charge in [-0.2, -0.15) is 0 Å². The van der Waals surface area contributed by atoms with Gasteiger partial charge in [-0.3, -0.25) is 15.1 Å². The fourth-order valence-corrected chi connectivity index (χ4v) is 2.51. The molecule has 1 saturated carbocycles. The molecular formula is C15H20N4O4. The molecule has 1 fully saturated rings. The molecule has 0 spiro atoms. The minimum atomic E-state index is -0.769. The van der Waals surface area contributed by atoms with Crippen molar-refractivity contribution in [3.63, 3.8) is 0 Å². The van der Waals surface area contributed by atoms with E-state index in [4.69, 9.17) is 4.74 Å². The molecule has 124 valence electrons. The first kappa shape index (κ1) is 16.9. The Hall–Kier alpha value is -2.51. The molecule has 0 radical (unpaired) electrons. The Morgan fingerprint density at radius 1 is 1.26 bits per heavy atom. The number of hydrogen-bond donors (Lipinski definition) is 2. The van der Waals surface area contributed by atoms with E-state index in [0.29, 0.717) is 5.92 Å². The van der Waals surface area contributed by atoms with Crippen molar-refractivity contribution in [2.75, 3.05) is 6.61 Å². The Labute approximate surface area is 134 Å². The van der Waals surface area contributed by atoms with Crippen LogP contribution in [0.3, 0.4) is 0 Å². The van der Waals surface area contributed by atoms with Crippen LogP contribution in [0.4, 0.5) is 4.79 Å². The minimum absolute atomic E-state index is 0.000724. The Bertz CT molecular complexity index is 564. The van der Waals surface area contributed by atoms with Crippen LogP contribution in [0.1, 0.15) is 43.1 Å². The highest BCUT2D eigenvalue weighted by atomic mass is 16.5. The van der Waals surface area contributed by atoms with Crippen LogP contribution in [-0.2, 0) is 9.53 Å². The maximum Gasteiger partial charge on any atom is 0.359 e. The lowest BCUT2D eigenvalue weighted by molar-refractivity contribution is -0.123. The summed E-state index contributed by atoms with van der Waals surface area (Å²) in [5.41, 5.74) is 0.000724. The number of carbonyl (C=O) groups excluding carboxylic acids is 3. The van der Waals surface area contributed by atoms with Crippen LogP contribution in [0.5, 0.6) is 0 Å². The van der Waals surface area contributed by atoms with Crippen molar-refractivity contribution in [3.05, 3.63) is 24.3 Å². The molecule has 2 atom stereocenters. The van der Waals surface area contributed by atoms with Crippen LogP contribution in [0, 0.1) is 5.92 Å². The van der Waals surface area contributed by atoms with Crippen molar-refractivity contribution in [1.82, 2.24) is 20.6 Å². The third-order valence-corrected chi connectivity index (χ3v) is 3.79. The molecule has 0 aliphatic heterocycles. The molecule has 0 bridgehead atoms. The van der Waals surface area contributed by atoms with Gasteiger partial charge in [-0.15, -0.1) is 0 Å². The van der Waals surface area contributed by atoms with E-state index >= 15 is 0 Å². The Kier molecular flexibility index (Phi) is 6.02. The second-order valence-corrected chi connectivity index (χ2v) is 5.56. The number of nitrogens with one attached hydrogen (secondary N) is 2. The Morgan fingerprint density at radius 3 is 2.74 bits per heavy atom. The van der Waals surface area contributed by atoms with Gasteiger partial charge in [-0.25, -0.2) is 14.6 Å². The van der Waals surface area contributed by atoms with Gasteiger partial charge in [0.05, 0.1) is 6.20 Å². The third kappa shape index (κ3) is 5.32. The molecule has 2 N–H and O–H groups in total. The normalized spacial score (nSPS) is 20.4. The van der Waals surface area contributed by atoms with E-state index in [1.807, 2.05) is 0 Å². The van der Waals surface area contributed by atoms with Crippen molar-refractivity contribution in [1.29, 1.82) is 0 Å². The van der Waals surface area contributed by atoms with Gasteiger partial charge >= 0.3 is 12.0 Å². The average Bonchev–Trinajstić information content (AvgIpc) is 2.55. The van der Waals surface area contributed by atoms with Gasteiger partial charge in [0.2, 0.25) is 0 Å². The molecule has 23 heavy (non-hydrogen) atoms. The quantitative estimate of drug-likeness (QED) is 0.802. The number of amides is 3. The molecule has 1 aromatic rings. The second-order valence-electron chi connectivity index (χ2n) is 5.56. The van der Waals surface area contributed by atoms with Gasteiger partial charge in [0.25, 0.3) is 5.91 Å². The zero-order valence-electron chi connectivity index (χ0n) is 12.9. The summed E-state index contributed by atoms with van der Waals surface area (Å²) in [4.78, 5) is 42.5. The summed E-state index contributed by atoms with van der Waals surface area (Å²) in [5, 5.41) is 4.94. The van der Waals surface area contributed by atoms with Crippen LogP contribution < -0.4 is 10.6 Å². The van der Waals surface area contributed by atoms with Crippen LogP contribution in [-0.4, -0.2) is 40.5 Å². The van der Waals surface area contributed by atoms with E-state index in [1.54, 1.807) is 0 Å². The maximum absolute atomic E-state index is 11.8. The molecule has 0 unspecified atom stereocenters. The van der Waals surface area contributed by atoms with Crippen molar-refractivity contribution >= 4 is 17.9 Å². The van der Waals surface area contributed by atoms with Crippen LogP contribution in [0.25, 0.3) is 0 Å². The van der Waals surface area contributed by atoms with Crippen molar-refractivity contribution in [2.45, 2.75) is 38.6 Å². The molecule has 8 nitrogen and oxygen atoms in total. The van der Waals surface area contributed by atoms with E-state index in [0.717, 1.165) is 25.7 Å². The monoisotopic (exact) mass is 320 g/mol. The zero-order valence-corrected chi connectivity index (χ0v) is 12.9. The van der Waals surface area contributed by atoms with Gasteiger partial charge in [0, 0.05) is 18.4 Å². The smallest absolute Gasteiger partial charge is 0.359 e. The number of nitrogens with zero attached hydrogens (tertiary/aromatic N) is 2. The summed E-state index contributed by atoms with van der Waals surface area (Å²) < 4.78 is 4.77. The molecule has 0 aromatic carbocycles. The number of ether oxygens (including phenoxy) is 1. The van der Waals surface area contributed by atoms with Gasteiger partial charge in [0.15, 0.2) is 12.3 Å². The first-order chi connectivity index (χ1) is 11.1. The summed E-state index contributed by atoms with van der Waals surface area (Å²) in [6.07, 6.45) is 8.20. The standard InChI is InChI=1S/C15H20N4O4/c1-10-4-2-3-5-11(10)18-15(22)19-13(20)9-23-14(21)12-8-16-6-7-17-12/h6-8,10-11H,2-5,9H2,1H3,(H2,18,19,20,22)/t10-,11-/m0/s1. The summed E-state index contributed by atoms with van der Waals surface area (Å²) in [6.45, 7) is 1.53. The van der Waals surface area contributed by atoms with Gasteiger partial charge in [0.1, 0.15) is 0 Å². The lowest BCUT2D eigenvalue weighted by Crippen LogP contribution is -2.48. The van der Waals surface area contributed by atoms with E-state index in [2.05, 4.69) is 27.5 Å². The highest BCUT2D eigenvalue weighted by molar-refractivity contribution is 5.96. The molecular weight excluding hydrogens is 300 g/mol. The predicted molar refractivity (Wildman–Crippen MR) is 80.4 cm³/mol. The summed E-state index contributed by atoms with van der Waals surface area (Å²) in [6, 6.07) is -0.497. The molecule has 1 aromatic heterocycles. The zero-order chi connectivity index (χ0) is 16.7. The number of imide groups is 1. The lowest BCUT2D eigenvalue weighted by Gasteiger charge is -2.29. The van der Waals surface area contributed by atoms with Crippen molar-refractivity contribution < 1.29 is 19.1 Å². The van der Waals surface area contributed by atoms with Crippen molar-refractivity contribution in [3.8, 4) is 0 Å². The van der Waals surface area contributed by atoms with Crippen LogP contribution >= 0.6 is 0 Å². The number of hydrogen-bond acceptors (Lipinski definition) is 6. The average molecular weight is 320 g/mol. The molecule has 0 saturated heterocycles. The number of carbonyl (C=O) groups is 3. The van der Waals surface area contributed by atoms with E-state index in [9.17, 15) is 14.4 Å². The molecule has 1 heterocycles. The summed E-state index contributed by atoms with van der Waals surface area (Å²) in [7, 11) is 0. The Morgan fingerprint density at radius 2 is 2.04 bits per heavy atom. The summed E-state index contributed by atoms with van der Waals surface area (Å²) in [5.74, 6) is -1.07. The van der Waals surface area contributed by atoms with Gasteiger partial charge in [-0.05, 0) is 18.8 Å². The number of urea groups is 1. The number of esters is 1. The van der Waals surface area contributed by atoms with Crippen LogP contribution in [0.15, 0.2) is 18.6 Å². The summed E-state index contributed by atoms with van der Waals surface area (Å²) >= 11 is 0. The maximum atomic E-state index is 11.8. The van der Waals surface area contributed by atoms with E-state index in [-0.39, 0.29) is 11.7 Å². The van der Waals surface area contributed by atoms with E-state index < -0.39 is 24.5 Å². The van der Waals surface area contributed by atoms with Crippen molar-refractivity contribution in [2.24, 2.45) is 5.92 Å². The molecule has 1 aliphatic rings. The highest BCUT2D eigenvalue weighted by Crippen LogP contribution is 2.23. The number of rotatable bonds is 4. The Balaban J connectivity index is 1.71. The first-order valence-corrected chi connectivity index (χ1v) is 7.59. The lowest BCUT2D eigenvalue weighted by atomic mass is 9.86.